The summed E-state index contributed by atoms with van der Waals surface area (Å²) in [6.45, 7) is 5.74. The van der Waals surface area contributed by atoms with Crippen molar-refractivity contribution < 1.29 is 14.3 Å². The molecule has 2 rings (SSSR count). The number of hydrogen-bond donors (Lipinski definition) is 1. The summed E-state index contributed by atoms with van der Waals surface area (Å²) < 4.78 is 5.12. The van der Waals surface area contributed by atoms with E-state index >= 15 is 0 Å². The van der Waals surface area contributed by atoms with Crippen LogP contribution in [0.3, 0.4) is 0 Å². The molecule has 0 atom stereocenters. The van der Waals surface area contributed by atoms with Crippen LogP contribution in [0.1, 0.15) is 34.8 Å². The molecule has 0 aliphatic heterocycles. The number of amides is 1. The van der Waals surface area contributed by atoms with Gasteiger partial charge in [-0.2, -0.15) is 0 Å². The Hall–Kier alpha value is -2.62. The summed E-state index contributed by atoms with van der Waals surface area (Å²) in [5.74, 6) is -0.191. The van der Waals surface area contributed by atoms with Crippen LogP contribution < -0.4 is 10.1 Å². The van der Waals surface area contributed by atoms with Crippen LogP contribution in [0.15, 0.2) is 42.5 Å². The monoisotopic (exact) mass is 297 g/mol. The Balaban J connectivity index is 2.13. The zero-order valence-electron chi connectivity index (χ0n) is 13.0. The second-order valence-electron chi connectivity index (χ2n) is 5.11. The van der Waals surface area contributed by atoms with Crippen molar-refractivity contribution in [2.45, 2.75) is 27.2 Å². The lowest BCUT2D eigenvalue weighted by atomic mass is 10.1. The third-order valence-corrected chi connectivity index (χ3v) is 3.38. The maximum atomic E-state index is 12.3. The number of rotatable bonds is 4. The molecule has 0 radical (unpaired) electrons. The van der Waals surface area contributed by atoms with Gasteiger partial charge in [-0.3, -0.25) is 9.59 Å². The third kappa shape index (κ3) is 3.95. The Bertz CT molecular complexity index is 707. The molecule has 2 aromatic carbocycles. The topological polar surface area (TPSA) is 55.4 Å². The van der Waals surface area contributed by atoms with Gasteiger partial charge in [0, 0.05) is 17.7 Å². The number of esters is 1. The largest absolute Gasteiger partial charge is 0.427 e. The summed E-state index contributed by atoms with van der Waals surface area (Å²) in [6.07, 6.45) is 0.291. The number of benzene rings is 2. The molecule has 2 aromatic rings. The summed E-state index contributed by atoms with van der Waals surface area (Å²) in [5.41, 5.74) is 3.47. The third-order valence-electron chi connectivity index (χ3n) is 3.38. The average molecular weight is 297 g/mol. The van der Waals surface area contributed by atoms with Crippen LogP contribution in [-0.4, -0.2) is 11.9 Å². The lowest BCUT2D eigenvalue weighted by Gasteiger charge is -2.09. The SMILES string of the molecule is CCC(=O)Oc1cccc(C(=O)Nc2ccc(C)c(C)c2)c1. The van der Waals surface area contributed by atoms with E-state index in [4.69, 9.17) is 4.74 Å². The van der Waals surface area contributed by atoms with Crippen LogP contribution >= 0.6 is 0 Å². The van der Waals surface area contributed by atoms with E-state index in [1.807, 2.05) is 32.0 Å². The summed E-state index contributed by atoms with van der Waals surface area (Å²) >= 11 is 0. The molecule has 0 saturated carbocycles. The standard InChI is InChI=1S/C18H19NO3/c1-4-17(20)22-16-7-5-6-14(11-16)18(21)19-15-9-8-12(2)13(3)10-15/h5-11H,4H2,1-3H3,(H,19,21). The first-order chi connectivity index (χ1) is 10.5. The molecule has 1 N–H and O–H groups in total. The molecule has 4 nitrogen and oxygen atoms in total. The zero-order valence-corrected chi connectivity index (χ0v) is 13.0. The Labute approximate surface area is 130 Å². The number of anilines is 1. The van der Waals surface area contributed by atoms with Crippen LogP contribution in [0.25, 0.3) is 0 Å². The molecule has 22 heavy (non-hydrogen) atoms. The fourth-order valence-corrected chi connectivity index (χ4v) is 1.93. The number of hydrogen-bond acceptors (Lipinski definition) is 3. The molecule has 0 heterocycles. The second-order valence-corrected chi connectivity index (χ2v) is 5.11. The minimum atomic E-state index is -0.327. The molecule has 0 spiro atoms. The van der Waals surface area contributed by atoms with Crippen molar-refractivity contribution in [3.63, 3.8) is 0 Å². The highest BCUT2D eigenvalue weighted by Crippen LogP contribution is 2.18. The van der Waals surface area contributed by atoms with Gasteiger partial charge in [0.25, 0.3) is 5.91 Å². The molecule has 0 aromatic heterocycles. The number of ether oxygens (including phenoxy) is 1. The van der Waals surface area contributed by atoms with E-state index in [-0.39, 0.29) is 11.9 Å². The molecule has 0 aliphatic rings. The first-order valence-electron chi connectivity index (χ1n) is 7.19. The quantitative estimate of drug-likeness (QED) is 0.688. The highest BCUT2D eigenvalue weighted by atomic mass is 16.5. The predicted octanol–water partition coefficient (Wildman–Crippen LogP) is 3.87. The van der Waals surface area contributed by atoms with E-state index in [1.54, 1.807) is 31.2 Å². The second kappa shape index (κ2) is 6.89. The van der Waals surface area contributed by atoms with Gasteiger partial charge in [0.1, 0.15) is 5.75 Å². The molecule has 114 valence electrons. The van der Waals surface area contributed by atoms with Gasteiger partial charge in [0.15, 0.2) is 0 Å². The minimum Gasteiger partial charge on any atom is -0.427 e. The number of carbonyl (C=O) groups excluding carboxylic acids is 2. The van der Waals surface area contributed by atoms with E-state index in [0.29, 0.717) is 17.7 Å². The first-order valence-corrected chi connectivity index (χ1v) is 7.19. The molecular formula is C18H19NO3. The zero-order chi connectivity index (χ0) is 16.1. The molecule has 1 amide bonds. The molecule has 0 saturated heterocycles. The van der Waals surface area contributed by atoms with Gasteiger partial charge in [-0.05, 0) is 55.3 Å². The van der Waals surface area contributed by atoms with Crippen molar-refractivity contribution in [1.82, 2.24) is 0 Å². The van der Waals surface area contributed by atoms with E-state index in [0.717, 1.165) is 11.3 Å². The number of aryl methyl sites for hydroxylation is 2. The van der Waals surface area contributed by atoms with E-state index in [2.05, 4.69) is 5.32 Å². The van der Waals surface area contributed by atoms with Gasteiger partial charge in [0.05, 0.1) is 0 Å². The molecule has 0 aliphatic carbocycles. The number of carbonyl (C=O) groups is 2. The highest BCUT2D eigenvalue weighted by molar-refractivity contribution is 6.04. The molecule has 4 heteroatoms. The smallest absolute Gasteiger partial charge is 0.310 e. The molecule has 0 bridgehead atoms. The minimum absolute atomic E-state index is 0.238. The average Bonchev–Trinajstić information content (AvgIpc) is 2.51. The van der Waals surface area contributed by atoms with E-state index < -0.39 is 0 Å². The van der Waals surface area contributed by atoms with Crippen LogP contribution in [0, 0.1) is 13.8 Å². The first kappa shape index (κ1) is 15.8. The highest BCUT2D eigenvalue weighted by Gasteiger charge is 2.09. The van der Waals surface area contributed by atoms with Gasteiger partial charge < -0.3 is 10.1 Å². The van der Waals surface area contributed by atoms with Crippen molar-refractivity contribution in [2.75, 3.05) is 5.32 Å². The summed E-state index contributed by atoms with van der Waals surface area (Å²) in [7, 11) is 0. The van der Waals surface area contributed by atoms with Crippen molar-refractivity contribution >= 4 is 17.6 Å². The maximum Gasteiger partial charge on any atom is 0.310 e. The Morgan fingerprint density at radius 1 is 1.05 bits per heavy atom. The van der Waals surface area contributed by atoms with E-state index in [1.165, 1.54) is 5.56 Å². The lowest BCUT2D eigenvalue weighted by molar-refractivity contribution is -0.134. The molecular weight excluding hydrogens is 278 g/mol. The maximum absolute atomic E-state index is 12.3. The van der Waals surface area contributed by atoms with Gasteiger partial charge in [0.2, 0.25) is 0 Å². The Kier molecular flexibility index (Phi) is 4.94. The molecule has 0 fully saturated rings. The number of nitrogens with one attached hydrogen (secondary N) is 1. The van der Waals surface area contributed by atoms with Gasteiger partial charge in [-0.15, -0.1) is 0 Å². The van der Waals surface area contributed by atoms with Crippen molar-refractivity contribution in [3.05, 3.63) is 59.2 Å². The van der Waals surface area contributed by atoms with Crippen LogP contribution in [0.5, 0.6) is 5.75 Å². The predicted molar refractivity (Wildman–Crippen MR) is 86.2 cm³/mol. The normalized spacial score (nSPS) is 10.1. The van der Waals surface area contributed by atoms with Gasteiger partial charge >= 0.3 is 5.97 Å². The fourth-order valence-electron chi connectivity index (χ4n) is 1.93. The van der Waals surface area contributed by atoms with Crippen LogP contribution in [-0.2, 0) is 4.79 Å². The van der Waals surface area contributed by atoms with Gasteiger partial charge in [-0.1, -0.05) is 19.1 Å². The summed E-state index contributed by atoms with van der Waals surface area (Å²) in [5, 5.41) is 2.84. The Morgan fingerprint density at radius 3 is 2.50 bits per heavy atom. The summed E-state index contributed by atoms with van der Waals surface area (Å²) in [4.78, 5) is 23.6. The van der Waals surface area contributed by atoms with E-state index in [9.17, 15) is 9.59 Å². The van der Waals surface area contributed by atoms with Crippen molar-refractivity contribution in [3.8, 4) is 5.75 Å². The van der Waals surface area contributed by atoms with Crippen LogP contribution in [0.4, 0.5) is 5.69 Å². The summed E-state index contributed by atoms with van der Waals surface area (Å²) in [6, 6.07) is 12.3. The van der Waals surface area contributed by atoms with Crippen molar-refractivity contribution in [1.29, 1.82) is 0 Å². The lowest BCUT2D eigenvalue weighted by Crippen LogP contribution is -2.13. The fraction of sp³-hybridized carbons (Fsp3) is 0.222. The van der Waals surface area contributed by atoms with Crippen LogP contribution in [0.2, 0.25) is 0 Å². The molecule has 0 unspecified atom stereocenters. The van der Waals surface area contributed by atoms with Crippen molar-refractivity contribution in [2.24, 2.45) is 0 Å². The van der Waals surface area contributed by atoms with Gasteiger partial charge in [-0.25, -0.2) is 0 Å². The Morgan fingerprint density at radius 2 is 1.82 bits per heavy atom.